The molecule has 2 aliphatic carbocycles. The minimum Gasteiger partial charge on any atom is -0.328 e. The van der Waals surface area contributed by atoms with Crippen molar-refractivity contribution >= 4 is 33.8 Å². The zero-order valence-corrected chi connectivity index (χ0v) is 13.8. The minimum absolute atomic E-state index is 0.00882. The van der Waals surface area contributed by atoms with Crippen LogP contribution in [0.5, 0.6) is 0 Å². The predicted molar refractivity (Wildman–Crippen MR) is 86.4 cm³/mol. The van der Waals surface area contributed by atoms with Gasteiger partial charge in [-0.25, -0.2) is 9.78 Å². The minimum atomic E-state index is -0.219. The highest BCUT2D eigenvalue weighted by atomic mass is 32.1. The monoisotopic (exact) mass is 335 g/mol. The summed E-state index contributed by atoms with van der Waals surface area (Å²) < 4.78 is 0. The molecule has 8 heteroatoms. The normalized spacial score (nSPS) is 19.0. The molecular formula is C14H17N5OS2. The Bertz CT molecular complexity index is 689. The van der Waals surface area contributed by atoms with Crippen LogP contribution in [-0.4, -0.2) is 21.2 Å². The van der Waals surface area contributed by atoms with Crippen LogP contribution in [0.2, 0.25) is 0 Å². The highest BCUT2D eigenvalue weighted by molar-refractivity contribution is 7.15. The maximum atomic E-state index is 12.2. The first-order valence-electron chi connectivity index (χ1n) is 7.52. The third kappa shape index (κ3) is 3.12. The number of urea groups is 1. The lowest BCUT2D eigenvalue weighted by Crippen LogP contribution is -2.33. The van der Waals surface area contributed by atoms with Gasteiger partial charge in [0.15, 0.2) is 0 Å². The molecular weight excluding hydrogens is 318 g/mol. The van der Waals surface area contributed by atoms with Gasteiger partial charge in [-0.2, -0.15) is 0 Å². The van der Waals surface area contributed by atoms with E-state index in [1.165, 1.54) is 24.2 Å². The van der Waals surface area contributed by atoms with Crippen LogP contribution in [0.4, 0.5) is 9.93 Å². The number of nitrogens with one attached hydrogen (secondary N) is 2. The Morgan fingerprint density at radius 3 is 2.77 bits per heavy atom. The average Bonchev–Trinajstić information content (AvgIpc) is 3.41. The molecule has 2 heterocycles. The van der Waals surface area contributed by atoms with E-state index in [0.717, 1.165) is 28.6 Å². The zero-order chi connectivity index (χ0) is 15.1. The summed E-state index contributed by atoms with van der Waals surface area (Å²) in [6.45, 7) is 1.98. The van der Waals surface area contributed by atoms with Gasteiger partial charge >= 0.3 is 6.03 Å². The van der Waals surface area contributed by atoms with E-state index in [-0.39, 0.29) is 12.1 Å². The first-order chi connectivity index (χ1) is 10.7. The molecule has 6 nitrogen and oxygen atoms in total. The summed E-state index contributed by atoms with van der Waals surface area (Å²) in [5, 5.41) is 18.7. The summed E-state index contributed by atoms with van der Waals surface area (Å²) in [7, 11) is 0. The van der Waals surface area contributed by atoms with E-state index < -0.39 is 0 Å². The second kappa shape index (κ2) is 5.58. The number of amides is 2. The molecule has 0 spiro atoms. The Morgan fingerprint density at radius 2 is 2.14 bits per heavy atom. The Kier molecular flexibility index (Phi) is 3.57. The van der Waals surface area contributed by atoms with Crippen LogP contribution in [0.15, 0.2) is 5.38 Å². The number of anilines is 1. The van der Waals surface area contributed by atoms with Crippen LogP contribution in [0.1, 0.15) is 53.4 Å². The fourth-order valence-electron chi connectivity index (χ4n) is 2.38. The third-order valence-electron chi connectivity index (χ3n) is 3.87. The highest BCUT2D eigenvalue weighted by Crippen LogP contribution is 2.43. The van der Waals surface area contributed by atoms with E-state index in [0.29, 0.717) is 17.0 Å². The van der Waals surface area contributed by atoms with Crippen molar-refractivity contribution in [1.82, 2.24) is 20.5 Å². The van der Waals surface area contributed by atoms with Crippen LogP contribution >= 0.6 is 22.7 Å². The predicted octanol–water partition coefficient (Wildman–Crippen LogP) is 3.45. The largest absolute Gasteiger partial charge is 0.328 e. The summed E-state index contributed by atoms with van der Waals surface area (Å²) in [6, 6.07) is -0.210. The lowest BCUT2D eigenvalue weighted by Gasteiger charge is -2.15. The number of hydrogen-bond donors (Lipinski definition) is 2. The van der Waals surface area contributed by atoms with E-state index in [2.05, 4.69) is 25.8 Å². The van der Waals surface area contributed by atoms with E-state index in [1.54, 1.807) is 11.3 Å². The van der Waals surface area contributed by atoms with Crippen LogP contribution in [0, 0.1) is 12.8 Å². The number of aromatic nitrogens is 3. The second-order valence-corrected chi connectivity index (χ2v) is 7.86. The Hall–Kier alpha value is -1.54. The standard InChI is InChI=1S/C14H17N5OS2/c1-7-6-21-12(15-7)10(8-2-3-8)16-13(20)17-14-19-18-11(22-14)9-4-5-9/h6,8-10H,2-5H2,1H3,(H2,16,17,19,20)/t10-/m1/s1. The molecule has 2 aromatic heterocycles. The highest BCUT2D eigenvalue weighted by Gasteiger charge is 2.35. The average molecular weight is 335 g/mol. The van der Waals surface area contributed by atoms with Crippen molar-refractivity contribution in [3.63, 3.8) is 0 Å². The van der Waals surface area contributed by atoms with Crippen molar-refractivity contribution in [3.8, 4) is 0 Å². The Labute approximate surface area is 136 Å². The van der Waals surface area contributed by atoms with Gasteiger partial charge in [-0.15, -0.1) is 21.5 Å². The summed E-state index contributed by atoms with van der Waals surface area (Å²) >= 11 is 3.09. The number of aryl methyl sites for hydroxylation is 1. The molecule has 2 saturated carbocycles. The molecule has 0 saturated heterocycles. The van der Waals surface area contributed by atoms with Gasteiger partial charge in [-0.1, -0.05) is 11.3 Å². The van der Waals surface area contributed by atoms with Crippen molar-refractivity contribution in [1.29, 1.82) is 0 Å². The van der Waals surface area contributed by atoms with E-state index in [4.69, 9.17) is 0 Å². The summed E-state index contributed by atoms with van der Waals surface area (Å²) in [5.74, 6) is 1.07. The third-order valence-corrected chi connectivity index (χ3v) is 5.92. The van der Waals surface area contributed by atoms with Crippen molar-refractivity contribution in [2.45, 2.75) is 44.6 Å². The molecule has 0 aromatic carbocycles. The quantitative estimate of drug-likeness (QED) is 0.877. The molecule has 0 radical (unpaired) electrons. The topological polar surface area (TPSA) is 79.8 Å². The zero-order valence-electron chi connectivity index (χ0n) is 12.2. The summed E-state index contributed by atoms with van der Waals surface area (Å²) in [5.41, 5.74) is 1.01. The van der Waals surface area contributed by atoms with Gasteiger partial charge in [0, 0.05) is 17.0 Å². The summed E-state index contributed by atoms with van der Waals surface area (Å²) in [6.07, 6.45) is 4.67. The molecule has 116 valence electrons. The molecule has 1 atom stereocenters. The van der Waals surface area contributed by atoms with Gasteiger partial charge in [0.05, 0.1) is 6.04 Å². The number of nitrogens with zero attached hydrogens (tertiary/aromatic N) is 3. The number of carbonyl (C=O) groups is 1. The number of carbonyl (C=O) groups excluding carboxylic acids is 1. The molecule has 4 rings (SSSR count). The first-order valence-corrected chi connectivity index (χ1v) is 9.21. The maximum Gasteiger partial charge on any atom is 0.321 e. The molecule has 2 fully saturated rings. The number of thiazole rings is 1. The van der Waals surface area contributed by atoms with E-state index in [9.17, 15) is 4.79 Å². The fourth-order valence-corrected chi connectivity index (χ4v) is 4.23. The van der Waals surface area contributed by atoms with Crippen molar-refractivity contribution in [2.75, 3.05) is 5.32 Å². The van der Waals surface area contributed by atoms with Crippen molar-refractivity contribution in [3.05, 3.63) is 21.1 Å². The lowest BCUT2D eigenvalue weighted by molar-refractivity contribution is 0.247. The number of rotatable bonds is 5. The van der Waals surface area contributed by atoms with Crippen LogP contribution < -0.4 is 10.6 Å². The van der Waals surface area contributed by atoms with Gasteiger partial charge in [0.1, 0.15) is 10.0 Å². The molecule has 0 bridgehead atoms. The summed E-state index contributed by atoms with van der Waals surface area (Å²) in [4.78, 5) is 16.7. The van der Waals surface area contributed by atoms with Gasteiger partial charge in [0.25, 0.3) is 0 Å². The number of hydrogen-bond acceptors (Lipinski definition) is 6. The molecule has 2 aromatic rings. The SMILES string of the molecule is Cc1csc([C@H](NC(=O)Nc2nnc(C3CC3)s2)C2CC2)n1. The Morgan fingerprint density at radius 1 is 1.32 bits per heavy atom. The van der Waals surface area contributed by atoms with E-state index in [1.807, 2.05) is 12.3 Å². The first kappa shape index (κ1) is 14.1. The van der Waals surface area contributed by atoms with Crippen LogP contribution in [-0.2, 0) is 0 Å². The maximum absolute atomic E-state index is 12.2. The van der Waals surface area contributed by atoms with Crippen molar-refractivity contribution in [2.24, 2.45) is 5.92 Å². The van der Waals surface area contributed by atoms with Gasteiger partial charge in [-0.3, -0.25) is 5.32 Å². The second-order valence-electron chi connectivity index (χ2n) is 5.96. The Balaban J connectivity index is 1.40. The smallest absolute Gasteiger partial charge is 0.321 e. The molecule has 2 amide bonds. The van der Waals surface area contributed by atoms with Gasteiger partial charge < -0.3 is 5.32 Å². The molecule has 0 aliphatic heterocycles. The lowest BCUT2D eigenvalue weighted by atomic mass is 10.2. The van der Waals surface area contributed by atoms with Gasteiger partial charge in [-0.05, 0) is 38.5 Å². The molecule has 2 aliphatic rings. The fraction of sp³-hybridized carbons (Fsp3) is 0.571. The molecule has 0 unspecified atom stereocenters. The molecule has 22 heavy (non-hydrogen) atoms. The van der Waals surface area contributed by atoms with Gasteiger partial charge in [0.2, 0.25) is 5.13 Å². The van der Waals surface area contributed by atoms with Crippen LogP contribution in [0.3, 0.4) is 0 Å². The molecule has 2 N–H and O–H groups in total. The van der Waals surface area contributed by atoms with E-state index >= 15 is 0 Å². The van der Waals surface area contributed by atoms with Crippen LogP contribution in [0.25, 0.3) is 0 Å². The van der Waals surface area contributed by atoms with Crippen molar-refractivity contribution < 1.29 is 4.79 Å².